The predicted molar refractivity (Wildman–Crippen MR) is 129 cm³/mol. The first kappa shape index (κ1) is 23.7. The Morgan fingerprint density at radius 2 is 1.88 bits per heavy atom. The monoisotopic (exact) mass is 453 g/mol. The molecule has 3 atom stereocenters. The number of nitrogens with zero attached hydrogens (tertiary/aromatic N) is 1. The van der Waals surface area contributed by atoms with Gasteiger partial charge in [0, 0.05) is 31.2 Å². The van der Waals surface area contributed by atoms with Gasteiger partial charge >= 0.3 is 0 Å². The van der Waals surface area contributed by atoms with Crippen LogP contribution in [0.5, 0.6) is 5.75 Å². The smallest absolute Gasteiger partial charge is 0.226 e. The summed E-state index contributed by atoms with van der Waals surface area (Å²) < 4.78 is 18.8. The third-order valence-corrected chi connectivity index (χ3v) is 7.29. The van der Waals surface area contributed by atoms with Crippen LogP contribution in [0.1, 0.15) is 67.7 Å². The van der Waals surface area contributed by atoms with Gasteiger partial charge in [-0.3, -0.25) is 4.79 Å². The van der Waals surface area contributed by atoms with Crippen molar-refractivity contribution >= 4 is 5.91 Å². The number of piperidine rings is 1. The molecule has 2 aromatic carbocycles. The zero-order valence-corrected chi connectivity index (χ0v) is 19.7. The van der Waals surface area contributed by atoms with Crippen LogP contribution in [0.15, 0.2) is 42.5 Å². The highest BCUT2D eigenvalue weighted by Crippen LogP contribution is 2.36. The van der Waals surface area contributed by atoms with Gasteiger partial charge in [0.2, 0.25) is 5.91 Å². The number of carbonyl (C=O) groups excluding carboxylic acids is 1. The number of methoxy groups -OCH3 is 1. The second kappa shape index (κ2) is 10.7. The lowest BCUT2D eigenvalue weighted by atomic mass is 9.95. The molecule has 178 valence electrons. The van der Waals surface area contributed by atoms with Crippen molar-refractivity contribution in [2.24, 2.45) is 5.73 Å². The maximum atomic E-state index is 13.7. The minimum atomic E-state index is -0.334. The molecule has 1 aliphatic carbocycles. The largest absolute Gasteiger partial charge is 0.494 e. The highest BCUT2D eigenvalue weighted by Gasteiger charge is 2.27. The van der Waals surface area contributed by atoms with Crippen molar-refractivity contribution in [3.63, 3.8) is 0 Å². The van der Waals surface area contributed by atoms with E-state index in [1.807, 2.05) is 11.0 Å². The normalized spacial score (nSPS) is 22.4. The number of halogens is 1. The van der Waals surface area contributed by atoms with Gasteiger partial charge in [-0.25, -0.2) is 4.39 Å². The van der Waals surface area contributed by atoms with Crippen molar-refractivity contribution in [3.05, 3.63) is 65.0 Å². The second-order valence-corrected chi connectivity index (χ2v) is 9.63. The average Bonchev–Trinajstić information content (AvgIpc) is 3.28. The van der Waals surface area contributed by atoms with Crippen molar-refractivity contribution < 1.29 is 13.9 Å². The average molecular weight is 454 g/mol. The van der Waals surface area contributed by atoms with Crippen LogP contribution in [0.3, 0.4) is 0 Å². The lowest BCUT2D eigenvalue weighted by Gasteiger charge is -2.30. The van der Waals surface area contributed by atoms with Gasteiger partial charge in [0.05, 0.1) is 13.5 Å². The van der Waals surface area contributed by atoms with Crippen LogP contribution < -0.4 is 15.8 Å². The van der Waals surface area contributed by atoms with E-state index in [1.54, 1.807) is 6.07 Å². The predicted octanol–water partition coefficient (Wildman–Crippen LogP) is 4.31. The topological polar surface area (TPSA) is 67.6 Å². The van der Waals surface area contributed by atoms with Crippen LogP contribution in [0.4, 0.5) is 4.39 Å². The summed E-state index contributed by atoms with van der Waals surface area (Å²) in [5.41, 5.74) is 9.39. The summed E-state index contributed by atoms with van der Waals surface area (Å²) in [6.45, 7) is 3.66. The van der Waals surface area contributed by atoms with E-state index >= 15 is 0 Å². The zero-order chi connectivity index (χ0) is 23.4. The Balaban J connectivity index is 1.28. The fourth-order valence-electron chi connectivity index (χ4n) is 5.17. The van der Waals surface area contributed by atoms with Gasteiger partial charge in [-0.05, 0) is 73.8 Å². The first-order chi connectivity index (χ1) is 15.9. The molecule has 2 aromatic rings. The maximum absolute atomic E-state index is 13.7. The summed E-state index contributed by atoms with van der Waals surface area (Å²) in [5.74, 6) is 0.671. The molecule has 2 aliphatic rings. The van der Waals surface area contributed by atoms with Crippen molar-refractivity contribution in [3.8, 4) is 5.75 Å². The molecule has 2 fully saturated rings. The Labute approximate surface area is 196 Å². The highest BCUT2D eigenvalue weighted by atomic mass is 19.1. The van der Waals surface area contributed by atoms with Crippen molar-refractivity contribution in [2.45, 2.75) is 69.5 Å². The van der Waals surface area contributed by atoms with E-state index in [4.69, 9.17) is 10.5 Å². The number of rotatable bonds is 7. The molecule has 1 saturated heterocycles. The van der Waals surface area contributed by atoms with Crippen LogP contribution in [0, 0.1) is 5.82 Å². The molecule has 1 heterocycles. The van der Waals surface area contributed by atoms with E-state index in [0.29, 0.717) is 18.4 Å². The fourth-order valence-corrected chi connectivity index (χ4v) is 5.17. The number of likely N-dealkylation sites (tertiary alicyclic amines) is 1. The quantitative estimate of drug-likeness (QED) is 0.656. The molecule has 1 unspecified atom stereocenters. The zero-order valence-electron chi connectivity index (χ0n) is 19.7. The molecular formula is C27H36FN3O2. The third-order valence-electron chi connectivity index (χ3n) is 7.29. The van der Waals surface area contributed by atoms with E-state index in [1.165, 1.54) is 18.7 Å². The summed E-state index contributed by atoms with van der Waals surface area (Å²) in [6, 6.07) is 14.4. The standard InChI is InChI=1S/C27H36FN3O2/c1-18(21-8-10-25(28)26(17-21)33-2)30-24-9-7-22(16-24)20-5-3-19(4-6-20)15-27(32)31-13-11-23(29)12-14-31/h3-6,8,10,17-18,22-24,30H,7,9,11-16,29H2,1-2H3/t18-,22?,24+/m1/s1. The molecule has 3 N–H and O–H groups in total. The summed E-state index contributed by atoms with van der Waals surface area (Å²) in [6.07, 6.45) is 5.59. The van der Waals surface area contributed by atoms with E-state index in [-0.39, 0.29) is 29.6 Å². The van der Waals surface area contributed by atoms with Crippen LogP contribution >= 0.6 is 0 Å². The summed E-state index contributed by atoms with van der Waals surface area (Å²) in [7, 11) is 1.49. The van der Waals surface area contributed by atoms with E-state index in [9.17, 15) is 9.18 Å². The number of nitrogens with one attached hydrogen (secondary N) is 1. The highest BCUT2D eigenvalue weighted by molar-refractivity contribution is 5.78. The Morgan fingerprint density at radius 3 is 2.58 bits per heavy atom. The number of amides is 1. The van der Waals surface area contributed by atoms with Crippen LogP contribution in [-0.2, 0) is 11.2 Å². The number of ether oxygens (including phenoxy) is 1. The molecular weight excluding hydrogens is 417 g/mol. The van der Waals surface area contributed by atoms with E-state index in [0.717, 1.165) is 56.3 Å². The van der Waals surface area contributed by atoms with Crippen molar-refractivity contribution in [1.82, 2.24) is 10.2 Å². The van der Waals surface area contributed by atoms with E-state index in [2.05, 4.69) is 36.5 Å². The Kier molecular flexibility index (Phi) is 7.66. The van der Waals surface area contributed by atoms with Crippen LogP contribution in [-0.4, -0.2) is 43.1 Å². The Morgan fingerprint density at radius 1 is 1.15 bits per heavy atom. The van der Waals surface area contributed by atoms with Gasteiger partial charge < -0.3 is 20.7 Å². The van der Waals surface area contributed by atoms with Gasteiger partial charge in [-0.2, -0.15) is 0 Å². The van der Waals surface area contributed by atoms with E-state index < -0.39 is 0 Å². The SMILES string of the molecule is COc1cc([C@@H](C)N[C@H]2CCC(c3ccc(CC(=O)N4CCC(N)CC4)cc3)C2)ccc1F. The molecule has 5 nitrogen and oxygen atoms in total. The first-order valence-corrected chi connectivity index (χ1v) is 12.1. The summed E-state index contributed by atoms with van der Waals surface area (Å²) >= 11 is 0. The number of hydrogen-bond acceptors (Lipinski definition) is 4. The van der Waals surface area contributed by atoms with Gasteiger partial charge in [0.1, 0.15) is 0 Å². The number of carbonyl (C=O) groups is 1. The molecule has 1 saturated carbocycles. The molecule has 0 bridgehead atoms. The van der Waals surface area contributed by atoms with Gasteiger partial charge in [-0.15, -0.1) is 0 Å². The summed E-state index contributed by atoms with van der Waals surface area (Å²) in [5, 5.41) is 3.71. The number of nitrogens with two attached hydrogens (primary N) is 1. The molecule has 33 heavy (non-hydrogen) atoms. The molecule has 0 radical (unpaired) electrons. The van der Waals surface area contributed by atoms with Crippen molar-refractivity contribution in [2.75, 3.05) is 20.2 Å². The lowest BCUT2D eigenvalue weighted by Crippen LogP contribution is -2.43. The van der Waals surface area contributed by atoms with Crippen LogP contribution in [0.2, 0.25) is 0 Å². The molecule has 6 heteroatoms. The minimum absolute atomic E-state index is 0.126. The lowest BCUT2D eigenvalue weighted by molar-refractivity contribution is -0.131. The molecule has 1 amide bonds. The Bertz CT molecular complexity index is 941. The van der Waals surface area contributed by atoms with Gasteiger partial charge in [0.25, 0.3) is 0 Å². The number of benzene rings is 2. The molecule has 1 aliphatic heterocycles. The second-order valence-electron chi connectivity index (χ2n) is 9.63. The summed E-state index contributed by atoms with van der Waals surface area (Å²) in [4.78, 5) is 14.5. The maximum Gasteiger partial charge on any atom is 0.226 e. The molecule has 4 rings (SSSR count). The first-order valence-electron chi connectivity index (χ1n) is 12.1. The fraction of sp³-hybridized carbons (Fsp3) is 0.519. The van der Waals surface area contributed by atoms with Gasteiger partial charge in [-0.1, -0.05) is 30.3 Å². The van der Waals surface area contributed by atoms with Crippen molar-refractivity contribution in [1.29, 1.82) is 0 Å². The minimum Gasteiger partial charge on any atom is -0.494 e. The third kappa shape index (κ3) is 5.92. The Hall–Kier alpha value is -2.44. The van der Waals surface area contributed by atoms with Crippen LogP contribution in [0.25, 0.3) is 0 Å². The molecule has 0 spiro atoms. The number of hydrogen-bond donors (Lipinski definition) is 2. The molecule has 0 aromatic heterocycles. The van der Waals surface area contributed by atoms with Gasteiger partial charge in [0.15, 0.2) is 11.6 Å².